The topological polar surface area (TPSA) is 106 Å². The molecule has 1 aliphatic carbocycles. The maximum Gasteiger partial charge on any atom is 0.197 e. The Kier molecular flexibility index (Phi) is 6.11. The largest absolute Gasteiger partial charge is 0.493 e. The van der Waals surface area contributed by atoms with E-state index < -0.39 is 0 Å². The highest BCUT2D eigenvalue weighted by Crippen LogP contribution is 2.43. The molecule has 4 N–H and O–H groups in total. The van der Waals surface area contributed by atoms with Gasteiger partial charge in [-0.3, -0.25) is 0 Å². The minimum atomic E-state index is 0.247. The first-order chi connectivity index (χ1) is 16.0. The van der Waals surface area contributed by atoms with Crippen molar-refractivity contribution in [2.45, 2.75) is 57.4 Å². The van der Waals surface area contributed by atoms with E-state index in [-0.39, 0.29) is 6.04 Å². The molecule has 5 rings (SSSR count). The zero-order valence-electron chi connectivity index (χ0n) is 19.8. The fourth-order valence-corrected chi connectivity index (χ4v) is 6.40. The molecule has 176 valence electrons. The molecule has 0 amide bonds. The van der Waals surface area contributed by atoms with E-state index in [1.807, 2.05) is 30.6 Å². The van der Waals surface area contributed by atoms with Crippen LogP contribution in [0.1, 0.15) is 61.9 Å². The summed E-state index contributed by atoms with van der Waals surface area (Å²) in [6, 6.07) is 2.28. The van der Waals surface area contributed by atoms with Crippen LogP contribution in [0.4, 0.5) is 0 Å². The van der Waals surface area contributed by atoms with Crippen LogP contribution in [0.25, 0.3) is 27.3 Å². The van der Waals surface area contributed by atoms with E-state index in [1.165, 1.54) is 36.3 Å². The summed E-state index contributed by atoms with van der Waals surface area (Å²) < 4.78 is 7.35. The number of hydrogen-bond acceptors (Lipinski definition) is 7. The number of likely N-dealkylation sites (N-methyl/N-ethyl adjacent to an activating group) is 1. The van der Waals surface area contributed by atoms with E-state index in [2.05, 4.69) is 34.2 Å². The standard InChI is InChI=1S/C24H33N7OS/c1-13(2)19-20(16-9-18(32-4)22-27-12-28-31(22)11-16)29-24-21(19)30-23(33-24)15-7-5-14(6-8-15)17(25)10-26-3/h9,11-15,17,26,29H,5-8,10,25H2,1-4H3. The van der Waals surface area contributed by atoms with Crippen molar-refractivity contribution in [1.82, 2.24) is 29.9 Å². The number of nitrogens with two attached hydrogens (primary N) is 1. The normalized spacial score (nSPS) is 20.2. The van der Waals surface area contributed by atoms with Crippen LogP contribution in [-0.4, -0.2) is 51.3 Å². The Morgan fingerprint density at radius 2 is 2.09 bits per heavy atom. The Hall–Kier alpha value is -2.49. The molecule has 33 heavy (non-hydrogen) atoms. The lowest BCUT2D eigenvalue weighted by Gasteiger charge is -2.31. The van der Waals surface area contributed by atoms with Crippen molar-refractivity contribution in [3.63, 3.8) is 0 Å². The van der Waals surface area contributed by atoms with Gasteiger partial charge in [0, 0.05) is 35.8 Å². The van der Waals surface area contributed by atoms with E-state index in [4.69, 9.17) is 15.5 Å². The lowest BCUT2D eigenvalue weighted by Crippen LogP contribution is -2.40. The predicted octanol–water partition coefficient (Wildman–Crippen LogP) is 4.29. The van der Waals surface area contributed by atoms with E-state index >= 15 is 0 Å². The second-order valence-corrected chi connectivity index (χ2v) is 10.5. The second kappa shape index (κ2) is 9.04. The summed E-state index contributed by atoms with van der Waals surface area (Å²) in [5.41, 5.74) is 11.5. The molecule has 1 atom stereocenters. The summed E-state index contributed by atoms with van der Waals surface area (Å²) in [6.45, 7) is 5.34. The van der Waals surface area contributed by atoms with E-state index in [0.717, 1.165) is 28.1 Å². The van der Waals surface area contributed by atoms with Gasteiger partial charge in [-0.2, -0.15) is 5.10 Å². The summed E-state index contributed by atoms with van der Waals surface area (Å²) >= 11 is 1.81. The molecule has 4 aromatic heterocycles. The first-order valence-electron chi connectivity index (χ1n) is 11.8. The number of ether oxygens (including phenoxy) is 1. The Labute approximate surface area is 198 Å². The van der Waals surface area contributed by atoms with Gasteiger partial charge in [-0.1, -0.05) is 13.8 Å². The third kappa shape index (κ3) is 4.02. The van der Waals surface area contributed by atoms with Crippen LogP contribution in [-0.2, 0) is 0 Å². The molecule has 1 aliphatic rings. The van der Waals surface area contributed by atoms with Gasteiger partial charge in [-0.15, -0.1) is 11.3 Å². The van der Waals surface area contributed by atoms with Gasteiger partial charge in [0.25, 0.3) is 0 Å². The summed E-state index contributed by atoms with van der Waals surface area (Å²) in [6.07, 6.45) is 8.25. The number of rotatable bonds is 7. The van der Waals surface area contributed by atoms with Gasteiger partial charge in [-0.05, 0) is 50.6 Å². The number of nitrogens with zero attached hydrogens (tertiary/aromatic N) is 4. The second-order valence-electron chi connectivity index (χ2n) is 9.46. The van der Waals surface area contributed by atoms with Gasteiger partial charge in [0.05, 0.1) is 17.8 Å². The van der Waals surface area contributed by atoms with Crippen LogP contribution in [0.5, 0.6) is 5.75 Å². The van der Waals surface area contributed by atoms with Crippen molar-refractivity contribution in [3.05, 3.63) is 29.2 Å². The third-order valence-corrected chi connectivity index (χ3v) is 8.13. The molecule has 0 bridgehead atoms. The van der Waals surface area contributed by atoms with Gasteiger partial charge in [0.1, 0.15) is 16.7 Å². The Bertz CT molecular complexity index is 1250. The molecular weight excluding hydrogens is 434 g/mol. The number of fused-ring (bicyclic) bond motifs is 2. The summed E-state index contributed by atoms with van der Waals surface area (Å²) in [5, 5.41) is 8.80. The van der Waals surface area contributed by atoms with Crippen LogP contribution in [0.15, 0.2) is 18.6 Å². The summed E-state index contributed by atoms with van der Waals surface area (Å²) in [7, 11) is 3.64. The third-order valence-electron chi connectivity index (χ3n) is 7.00. The molecular formula is C24H33N7OS. The first-order valence-corrected chi connectivity index (χ1v) is 12.6. The van der Waals surface area contributed by atoms with Gasteiger partial charge >= 0.3 is 0 Å². The fourth-order valence-electron chi connectivity index (χ4n) is 5.25. The van der Waals surface area contributed by atoms with Gasteiger partial charge < -0.3 is 20.8 Å². The van der Waals surface area contributed by atoms with Crippen LogP contribution >= 0.6 is 11.3 Å². The molecule has 0 spiro atoms. The van der Waals surface area contributed by atoms with Crippen molar-refractivity contribution in [1.29, 1.82) is 0 Å². The molecule has 8 nitrogen and oxygen atoms in total. The number of aromatic nitrogens is 5. The average molecular weight is 468 g/mol. The van der Waals surface area contributed by atoms with Gasteiger partial charge in [0.2, 0.25) is 0 Å². The van der Waals surface area contributed by atoms with Crippen molar-refractivity contribution >= 4 is 27.3 Å². The predicted molar refractivity (Wildman–Crippen MR) is 133 cm³/mol. The lowest BCUT2D eigenvalue weighted by atomic mass is 9.79. The molecule has 4 aromatic rings. The van der Waals surface area contributed by atoms with Crippen molar-refractivity contribution in [3.8, 4) is 17.0 Å². The lowest BCUT2D eigenvalue weighted by molar-refractivity contribution is 0.278. The van der Waals surface area contributed by atoms with Crippen molar-refractivity contribution < 1.29 is 4.74 Å². The number of aromatic amines is 1. The fraction of sp³-hybridized carbons (Fsp3) is 0.542. The SMILES string of the molecule is CNCC(N)C1CCC(c2nc3c(C(C)C)c(-c4cc(OC)c5ncnn5c4)[nH]c3s2)CC1. The summed E-state index contributed by atoms with van der Waals surface area (Å²) in [5.74, 6) is 2.18. The van der Waals surface area contributed by atoms with E-state index in [0.29, 0.717) is 29.2 Å². The number of H-pyrrole nitrogens is 1. The maximum atomic E-state index is 6.36. The number of hydrogen-bond donors (Lipinski definition) is 3. The molecule has 0 radical (unpaired) electrons. The quantitative estimate of drug-likeness (QED) is 0.374. The van der Waals surface area contributed by atoms with Crippen LogP contribution in [0, 0.1) is 5.92 Å². The number of thiazole rings is 1. The van der Waals surface area contributed by atoms with E-state index in [1.54, 1.807) is 18.0 Å². The van der Waals surface area contributed by atoms with E-state index in [9.17, 15) is 0 Å². The molecule has 0 saturated heterocycles. The zero-order chi connectivity index (χ0) is 23.1. The number of pyridine rings is 1. The molecule has 0 aromatic carbocycles. The van der Waals surface area contributed by atoms with Crippen LogP contribution in [0.2, 0.25) is 0 Å². The minimum absolute atomic E-state index is 0.247. The monoisotopic (exact) mass is 467 g/mol. The van der Waals surface area contributed by atoms with Crippen LogP contribution in [0.3, 0.4) is 0 Å². The highest BCUT2D eigenvalue weighted by atomic mass is 32.1. The van der Waals surface area contributed by atoms with Crippen LogP contribution < -0.4 is 15.8 Å². The number of methoxy groups -OCH3 is 1. The van der Waals surface area contributed by atoms with Crippen molar-refractivity contribution in [2.24, 2.45) is 11.7 Å². The summed E-state index contributed by atoms with van der Waals surface area (Å²) in [4.78, 5) is 14.3. The smallest absolute Gasteiger partial charge is 0.197 e. The molecule has 1 saturated carbocycles. The maximum absolute atomic E-state index is 6.36. The Morgan fingerprint density at radius 3 is 2.79 bits per heavy atom. The molecule has 4 heterocycles. The Morgan fingerprint density at radius 1 is 1.30 bits per heavy atom. The molecule has 1 unspecified atom stereocenters. The number of nitrogens with one attached hydrogen (secondary N) is 2. The first kappa shape index (κ1) is 22.3. The highest BCUT2D eigenvalue weighted by molar-refractivity contribution is 7.18. The molecule has 1 fully saturated rings. The van der Waals surface area contributed by atoms with Gasteiger partial charge in [0.15, 0.2) is 11.4 Å². The minimum Gasteiger partial charge on any atom is -0.493 e. The average Bonchev–Trinajstić information content (AvgIpc) is 3.52. The van der Waals surface area contributed by atoms with Crippen molar-refractivity contribution in [2.75, 3.05) is 20.7 Å². The highest BCUT2D eigenvalue weighted by Gasteiger charge is 2.29. The molecule has 0 aliphatic heterocycles. The van der Waals surface area contributed by atoms with Gasteiger partial charge in [-0.25, -0.2) is 14.5 Å². The molecule has 9 heteroatoms. The Balaban J connectivity index is 1.46. The zero-order valence-corrected chi connectivity index (χ0v) is 20.6.